The standard InChI is InChI=1S/C12H17NO3.C11H23N.C3H8.C2H6/c13-11(8-14)6-7-12(15)16-9-10-4-2-1-3-5-10;1-7-9(2)12-10(3)8-11(4,5)6;1-3-2;1-2/h1-5,11,14H,6-9,13H2;7,10,12H,8H2,1-6H3;3H2,1-2H3;1-2H3. The molecule has 4 N–H and O–H groups in total. The lowest BCUT2D eigenvalue weighted by molar-refractivity contribution is -0.145. The van der Waals surface area contributed by atoms with Crippen LogP contribution in [0.4, 0.5) is 0 Å². The summed E-state index contributed by atoms with van der Waals surface area (Å²) in [5.74, 6) is -0.284. The van der Waals surface area contributed by atoms with Crippen LogP contribution in [0.3, 0.4) is 0 Å². The third-order valence-electron chi connectivity index (χ3n) is 4.02. The number of nitrogens with two attached hydrogens (primary N) is 1. The first kappa shape index (κ1) is 35.7. The van der Waals surface area contributed by atoms with Gasteiger partial charge in [-0.2, -0.15) is 0 Å². The third kappa shape index (κ3) is 28.1. The Morgan fingerprint density at radius 3 is 2.12 bits per heavy atom. The molecule has 0 bridgehead atoms. The van der Waals surface area contributed by atoms with Gasteiger partial charge in [-0.05, 0) is 44.6 Å². The molecule has 0 aliphatic carbocycles. The van der Waals surface area contributed by atoms with Crippen LogP contribution >= 0.6 is 0 Å². The minimum Gasteiger partial charge on any atom is -0.461 e. The maximum atomic E-state index is 11.3. The van der Waals surface area contributed by atoms with E-state index in [9.17, 15) is 4.79 Å². The van der Waals surface area contributed by atoms with E-state index in [-0.39, 0.29) is 31.6 Å². The van der Waals surface area contributed by atoms with Gasteiger partial charge in [-0.1, -0.05) is 91.3 Å². The second-order valence-electron chi connectivity index (χ2n) is 9.12. The van der Waals surface area contributed by atoms with Crippen LogP contribution in [0.5, 0.6) is 0 Å². The monoisotopic (exact) mass is 466 g/mol. The predicted molar refractivity (Wildman–Crippen MR) is 144 cm³/mol. The van der Waals surface area contributed by atoms with E-state index in [1.54, 1.807) is 0 Å². The molecule has 2 unspecified atom stereocenters. The van der Waals surface area contributed by atoms with E-state index >= 15 is 0 Å². The Kier molecular flexibility index (Phi) is 25.2. The SMILES string of the molecule is CC.CC=C(C)NC(C)CC(C)(C)C.CCC.NC(CO)CCC(=O)OCc1ccccc1. The van der Waals surface area contributed by atoms with Crippen LogP contribution in [0.25, 0.3) is 0 Å². The van der Waals surface area contributed by atoms with Crippen molar-refractivity contribution in [3.63, 3.8) is 0 Å². The first-order valence-corrected chi connectivity index (χ1v) is 12.4. The molecule has 1 aromatic carbocycles. The minimum absolute atomic E-state index is 0.105. The largest absolute Gasteiger partial charge is 0.461 e. The van der Waals surface area contributed by atoms with E-state index in [0.29, 0.717) is 17.9 Å². The number of aliphatic hydroxyl groups is 1. The van der Waals surface area contributed by atoms with Gasteiger partial charge in [-0.15, -0.1) is 0 Å². The summed E-state index contributed by atoms with van der Waals surface area (Å²) in [5, 5.41) is 12.1. The molecule has 5 nitrogen and oxygen atoms in total. The number of ether oxygens (including phenoxy) is 1. The second kappa shape index (κ2) is 23.3. The highest BCUT2D eigenvalue weighted by Crippen LogP contribution is 2.20. The van der Waals surface area contributed by atoms with Crippen LogP contribution in [0, 0.1) is 5.41 Å². The van der Waals surface area contributed by atoms with E-state index in [1.807, 2.05) is 44.2 Å². The normalized spacial score (nSPS) is 12.4. The van der Waals surface area contributed by atoms with Gasteiger partial charge in [0.15, 0.2) is 0 Å². The number of nitrogens with one attached hydrogen (secondary N) is 1. The number of aliphatic hydroxyl groups excluding tert-OH is 1. The molecular weight excluding hydrogens is 412 g/mol. The highest BCUT2D eigenvalue weighted by Gasteiger charge is 2.14. The molecule has 0 aliphatic heterocycles. The maximum absolute atomic E-state index is 11.3. The molecule has 0 radical (unpaired) electrons. The number of carbonyl (C=O) groups is 1. The highest BCUT2D eigenvalue weighted by molar-refractivity contribution is 5.69. The third-order valence-corrected chi connectivity index (χ3v) is 4.02. The van der Waals surface area contributed by atoms with Gasteiger partial charge in [0.25, 0.3) is 0 Å². The van der Waals surface area contributed by atoms with Crippen molar-refractivity contribution in [3.05, 3.63) is 47.7 Å². The van der Waals surface area contributed by atoms with Gasteiger partial charge in [-0.25, -0.2) is 0 Å². The molecule has 0 saturated heterocycles. The van der Waals surface area contributed by atoms with Crippen molar-refractivity contribution in [2.75, 3.05) is 6.61 Å². The Hall–Kier alpha value is -1.85. The van der Waals surface area contributed by atoms with Crippen molar-refractivity contribution in [2.24, 2.45) is 11.1 Å². The molecule has 33 heavy (non-hydrogen) atoms. The molecular formula is C28H54N2O3. The van der Waals surface area contributed by atoms with Crippen LogP contribution in [-0.2, 0) is 16.1 Å². The van der Waals surface area contributed by atoms with Gasteiger partial charge >= 0.3 is 5.97 Å². The molecule has 194 valence electrons. The summed E-state index contributed by atoms with van der Waals surface area (Å²) in [7, 11) is 0. The predicted octanol–water partition coefficient (Wildman–Crippen LogP) is 6.60. The maximum Gasteiger partial charge on any atom is 0.306 e. The summed E-state index contributed by atoms with van der Waals surface area (Å²) in [6.07, 6.45) is 5.26. The van der Waals surface area contributed by atoms with Crippen molar-refractivity contribution in [2.45, 2.75) is 114 Å². The van der Waals surface area contributed by atoms with Gasteiger partial charge in [0.05, 0.1) is 6.61 Å². The lowest BCUT2D eigenvalue weighted by Gasteiger charge is -2.24. The van der Waals surface area contributed by atoms with Crippen molar-refractivity contribution in [1.29, 1.82) is 0 Å². The lowest BCUT2D eigenvalue weighted by atomic mass is 9.88. The van der Waals surface area contributed by atoms with Gasteiger partial charge in [-0.3, -0.25) is 4.79 Å². The fourth-order valence-corrected chi connectivity index (χ4v) is 2.65. The topological polar surface area (TPSA) is 84.6 Å². The van der Waals surface area contributed by atoms with Gasteiger partial charge in [0.1, 0.15) is 6.61 Å². The van der Waals surface area contributed by atoms with E-state index in [1.165, 1.54) is 18.5 Å². The zero-order valence-corrected chi connectivity index (χ0v) is 23.2. The van der Waals surface area contributed by atoms with E-state index < -0.39 is 0 Å². The van der Waals surface area contributed by atoms with Crippen LogP contribution in [-0.4, -0.2) is 29.8 Å². The molecule has 0 aromatic heterocycles. The molecule has 5 heteroatoms. The molecule has 0 fully saturated rings. The zero-order valence-electron chi connectivity index (χ0n) is 23.2. The Morgan fingerprint density at radius 2 is 1.70 bits per heavy atom. The Bertz CT molecular complexity index is 581. The van der Waals surface area contributed by atoms with Gasteiger partial charge in [0.2, 0.25) is 0 Å². The number of carbonyl (C=O) groups excluding carboxylic acids is 1. The molecule has 0 heterocycles. The smallest absolute Gasteiger partial charge is 0.306 e. The van der Waals surface area contributed by atoms with E-state index in [0.717, 1.165) is 5.56 Å². The molecule has 1 aromatic rings. The fraction of sp³-hybridized carbons (Fsp3) is 0.679. The number of hydrogen-bond acceptors (Lipinski definition) is 5. The summed E-state index contributed by atoms with van der Waals surface area (Å²) < 4.78 is 5.05. The average Bonchev–Trinajstić information content (AvgIpc) is 2.77. The number of rotatable bonds is 9. The summed E-state index contributed by atoms with van der Waals surface area (Å²) in [4.78, 5) is 11.3. The molecule has 0 amide bonds. The molecule has 1 rings (SSSR count). The molecule has 0 spiro atoms. The summed E-state index contributed by atoms with van der Waals surface area (Å²) >= 11 is 0. The molecule has 0 saturated carbocycles. The number of benzene rings is 1. The van der Waals surface area contributed by atoms with Crippen LogP contribution in [0.15, 0.2) is 42.1 Å². The highest BCUT2D eigenvalue weighted by atomic mass is 16.5. The first-order valence-electron chi connectivity index (χ1n) is 12.4. The molecule has 2 atom stereocenters. The van der Waals surface area contributed by atoms with E-state index in [4.69, 9.17) is 15.6 Å². The minimum atomic E-state index is -0.343. The van der Waals surface area contributed by atoms with Gasteiger partial charge in [0, 0.05) is 24.2 Å². The summed E-state index contributed by atoms with van der Waals surface area (Å²) in [6.45, 7) is 21.7. The molecule has 0 aliphatic rings. The van der Waals surface area contributed by atoms with Crippen LogP contribution < -0.4 is 11.1 Å². The van der Waals surface area contributed by atoms with Crippen molar-refractivity contribution >= 4 is 5.97 Å². The van der Waals surface area contributed by atoms with E-state index in [2.05, 4.69) is 66.8 Å². The Balaban J connectivity index is -0.000000469. The second-order valence-corrected chi connectivity index (χ2v) is 9.12. The van der Waals surface area contributed by atoms with Gasteiger partial charge < -0.3 is 20.9 Å². The number of esters is 1. The number of hydrogen-bond donors (Lipinski definition) is 3. The van der Waals surface area contributed by atoms with Crippen molar-refractivity contribution in [3.8, 4) is 0 Å². The van der Waals surface area contributed by atoms with Crippen LogP contribution in [0.1, 0.15) is 100 Å². The quantitative estimate of drug-likeness (QED) is 0.357. The average molecular weight is 467 g/mol. The first-order chi connectivity index (χ1) is 15.5. The fourth-order valence-electron chi connectivity index (χ4n) is 2.65. The zero-order chi connectivity index (χ0) is 26.3. The Morgan fingerprint density at radius 1 is 1.18 bits per heavy atom. The van der Waals surface area contributed by atoms with Crippen molar-refractivity contribution < 1.29 is 14.6 Å². The Labute approximate surface area is 205 Å². The number of allylic oxidation sites excluding steroid dienone is 2. The van der Waals surface area contributed by atoms with Crippen LogP contribution in [0.2, 0.25) is 0 Å². The summed E-state index contributed by atoms with van der Waals surface area (Å²) in [5.41, 5.74) is 8.12. The summed E-state index contributed by atoms with van der Waals surface area (Å²) in [6, 6.07) is 9.71. The lowest BCUT2D eigenvalue weighted by Crippen LogP contribution is -2.28. The van der Waals surface area contributed by atoms with Crippen molar-refractivity contribution in [1.82, 2.24) is 5.32 Å².